The summed E-state index contributed by atoms with van der Waals surface area (Å²) in [6.45, 7) is 2.52. The van der Waals surface area contributed by atoms with E-state index in [1.54, 1.807) is 19.1 Å². The Labute approximate surface area is 89.7 Å². The fraction of sp³-hybridized carbons (Fsp3) is 0.333. The second-order valence-electron chi connectivity index (χ2n) is 3.40. The molecule has 0 saturated heterocycles. The maximum Gasteiger partial charge on any atom is 0.305 e. The Morgan fingerprint density at radius 2 is 2.07 bits per heavy atom. The topological polar surface area (TPSA) is 30.2 Å². The molecule has 2 aromatic rings. The molecule has 2 aromatic heterocycles. The summed E-state index contributed by atoms with van der Waals surface area (Å²) < 4.78 is 27.1. The molecular formula is C9H8ClF2N3. The quantitative estimate of drug-likeness (QED) is 0.707. The van der Waals surface area contributed by atoms with Crippen LogP contribution in [0.4, 0.5) is 8.78 Å². The molecule has 0 saturated carbocycles. The Morgan fingerprint density at radius 1 is 1.40 bits per heavy atom. The monoisotopic (exact) mass is 231 g/mol. The van der Waals surface area contributed by atoms with Crippen LogP contribution >= 0.6 is 11.6 Å². The molecule has 3 nitrogen and oxygen atoms in total. The summed E-state index contributed by atoms with van der Waals surface area (Å²) in [5.74, 6) is -3.57. The minimum Gasteiger partial charge on any atom is -0.206 e. The lowest BCUT2D eigenvalue weighted by molar-refractivity contribution is 0.00800. The van der Waals surface area contributed by atoms with E-state index in [4.69, 9.17) is 11.6 Å². The standard InChI is InChI=1S/C9H8ClF2N3/c1-5-3-4-6-13-8(9(2,11)12)14-15(6)7(5)10/h3-4H,1-2H3. The molecule has 0 radical (unpaired) electrons. The normalized spacial score (nSPS) is 12.3. The summed E-state index contributed by atoms with van der Waals surface area (Å²) in [5, 5.41) is 3.97. The van der Waals surface area contributed by atoms with Crippen LogP contribution in [-0.2, 0) is 5.92 Å². The van der Waals surface area contributed by atoms with Gasteiger partial charge in [-0.3, -0.25) is 0 Å². The molecular weight excluding hydrogens is 224 g/mol. The number of fused-ring (bicyclic) bond motifs is 1. The van der Waals surface area contributed by atoms with Crippen LogP contribution in [0.3, 0.4) is 0 Å². The van der Waals surface area contributed by atoms with Crippen molar-refractivity contribution in [1.82, 2.24) is 14.6 Å². The second-order valence-corrected chi connectivity index (χ2v) is 3.76. The van der Waals surface area contributed by atoms with Crippen molar-refractivity contribution in [2.24, 2.45) is 0 Å². The van der Waals surface area contributed by atoms with Crippen molar-refractivity contribution in [1.29, 1.82) is 0 Å². The fourth-order valence-electron chi connectivity index (χ4n) is 1.20. The highest BCUT2D eigenvalue weighted by molar-refractivity contribution is 6.30. The number of aromatic nitrogens is 3. The van der Waals surface area contributed by atoms with Gasteiger partial charge in [0.1, 0.15) is 5.15 Å². The molecule has 2 heterocycles. The molecule has 15 heavy (non-hydrogen) atoms. The van der Waals surface area contributed by atoms with Crippen molar-refractivity contribution in [3.63, 3.8) is 0 Å². The van der Waals surface area contributed by atoms with Gasteiger partial charge < -0.3 is 0 Å². The molecule has 80 valence electrons. The molecule has 0 aliphatic carbocycles. The van der Waals surface area contributed by atoms with E-state index in [1.807, 2.05) is 0 Å². The largest absolute Gasteiger partial charge is 0.305 e. The van der Waals surface area contributed by atoms with Gasteiger partial charge in [0.05, 0.1) is 0 Å². The SMILES string of the molecule is Cc1ccc2nc(C(C)(F)F)nn2c1Cl. The number of hydrogen-bond donors (Lipinski definition) is 0. The van der Waals surface area contributed by atoms with Crippen LogP contribution in [0.2, 0.25) is 5.15 Å². The van der Waals surface area contributed by atoms with Gasteiger partial charge in [-0.05, 0) is 18.6 Å². The van der Waals surface area contributed by atoms with E-state index in [-0.39, 0.29) is 0 Å². The number of rotatable bonds is 1. The van der Waals surface area contributed by atoms with Crippen LogP contribution in [0, 0.1) is 6.92 Å². The zero-order valence-electron chi connectivity index (χ0n) is 8.13. The van der Waals surface area contributed by atoms with Crippen molar-refractivity contribution >= 4 is 17.2 Å². The Balaban J connectivity index is 2.72. The molecule has 2 rings (SSSR count). The predicted octanol–water partition coefficient (Wildman–Crippen LogP) is 2.80. The van der Waals surface area contributed by atoms with Crippen molar-refractivity contribution in [3.8, 4) is 0 Å². The van der Waals surface area contributed by atoms with Crippen molar-refractivity contribution in [2.45, 2.75) is 19.8 Å². The molecule has 0 aliphatic heterocycles. The lowest BCUT2D eigenvalue weighted by Crippen LogP contribution is -2.09. The number of aryl methyl sites for hydroxylation is 1. The smallest absolute Gasteiger partial charge is 0.206 e. The number of halogens is 3. The van der Waals surface area contributed by atoms with E-state index in [0.717, 1.165) is 12.5 Å². The molecule has 0 N–H and O–H groups in total. The van der Waals surface area contributed by atoms with Crippen molar-refractivity contribution in [3.05, 3.63) is 28.7 Å². The van der Waals surface area contributed by atoms with Gasteiger partial charge in [-0.2, -0.15) is 8.78 Å². The van der Waals surface area contributed by atoms with Crippen LogP contribution in [0.15, 0.2) is 12.1 Å². The molecule has 0 bridgehead atoms. The fourth-order valence-corrected chi connectivity index (χ4v) is 1.39. The van der Waals surface area contributed by atoms with Crippen LogP contribution in [0.25, 0.3) is 5.65 Å². The molecule has 0 atom stereocenters. The minimum atomic E-state index is -3.05. The highest BCUT2D eigenvalue weighted by Crippen LogP contribution is 2.25. The molecule has 0 amide bonds. The second kappa shape index (κ2) is 3.13. The maximum atomic E-state index is 12.9. The molecule has 0 fully saturated rings. The molecule has 0 unspecified atom stereocenters. The molecule has 6 heteroatoms. The maximum absolute atomic E-state index is 12.9. The number of nitrogens with zero attached hydrogens (tertiary/aromatic N) is 3. The summed E-state index contributed by atoms with van der Waals surface area (Å²) in [7, 11) is 0. The predicted molar refractivity (Wildman–Crippen MR) is 52.3 cm³/mol. The first-order valence-electron chi connectivity index (χ1n) is 4.30. The van der Waals surface area contributed by atoms with Gasteiger partial charge in [0.2, 0.25) is 5.82 Å². The lowest BCUT2D eigenvalue weighted by Gasteiger charge is -2.02. The Bertz CT molecular complexity index is 516. The molecule has 0 aromatic carbocycles. The third kappa shape index (κ3) is 1.67. The van der Waals surface area contributed by atoms with Gasteiger partial charge >= 0.3 is 5.92 Å². The summed E-state index contributed by atoms with van der Waals surface area (Å²) >= 11 is 5.91. The first-order valence-corrected chi connectivity index (χ1v) is 4.67. The third-order valence-electron chi connectivity index (χ3n) is 2.02. The van der Waals surface area contributed by atoms with Crippen LogP contribution in [-0.4, -0.2) is 14.6 Å². The van der Waals surface area contributed by atoms with E-state index in [9.17, 15) is 8.78 Å². The van der Waals surface area contributed by atoms with Gasteiger partial charge in [-0.25, -0.2) is 9.50 Å². The summed E-state index contributed by atoms with van der Waals surface area (Å²) in [4.78, 5) is 3.70. The number of alkyl halides is 2. The summed E-state index contributed by atoms with van der Waals surface area (Å²) in [5.41, 5.74) is 1.09. The first-order chi connectivity index (χ1) is 6.89. The summed E-state index contributed by atoms with van der Waals surface area (Å²) in [6, 6.07) is 3.31. The Morgan fingerprint density at radius 3 is 2.67 bits per heavy atom. The van der Waals surface area contributed by atoms with Crippen molar-refractivity contribution < 1.29 is 8.78 Å². The molecule has 0 aliphatic rings. The average molecular weight is 232 g/mol. The van der Waals surface area contributed by atoms with Crippen LogP contribution in [0.1, 0.15) is 18.3 Å². The van der Waals surface area contributed by atoms with Crippen LogP contribution < -0.4 is 0 Å². The summed E-state index contributed by atoms with van der Waals surface area (Å²) in [6.07, 6.45) is 0. The van der Waals surface area contributed by atoms with Gasteiger partial charge in [-0.15, -0.1) is 5.10 Å². The van der Waals surface area contributed by atoms with E-state index >= 15 is 0 Å². The van der Waals surface area contributed by atoms with Gasteiger partial charge in [0, 0.05) is 6.92 Å². The number of hydrogen-bond acceptors (Lipinski definition) is 2. The zero-order chi connectivity index (χ0) is 11.2. The first kappa shape index (κ1) is 10.3. The average Bonchev–Trinajstić information content (AvgIpc) is 2.55. The van der Waals surface area contributed by atoms with E-state index < -0.39 is 11.7 Å². The van der Waals surface area contributed by atoms with E-state index in [0.29, 0.717) is 10.8 Å². The van der Waals surface area contributed by atoms with E-state index in [2.05, 4.69) is 10.1 Å². The van der Waals surface area contributed by atoms with Gasteiger partial charge in [-0.1, -0.05) is 17.7 Å². The zero-order valence-corrected chi connectivity index (χ0v) is 8.89. The van der Waals surface area contributed by atoms with Crippen LogP contribution in [0.5, 0.6) is 0 Å². The Hall–Kier alpha value is -1.23. The lowest BCUT2D eigenvalue weighted by atomic mass is 10.3. The Kier molecular flexibility index (Phi) is 2.15. The van der Waals surface area contributed by atoms with Crippen molar-refractivity contribution in [2.75, 3.05) is 0 Å². The van der Waals surface area contributed by atoms with Gasteiger partial charge in [0.25, 0.3) is 0 Å². The van der Waals surface area contributed by atoms with E-state index in [1.165, 1.54) is 4.52 Å². The third-order valence-corrected chi connectivity index (χ3v) is 2.48. The number of pyridine rings is 1. The highest BCUT2D eigenvalue weighted by Gasteiger charge is 2.30. The minimum absolute atomic E-state index is 0.301. The highest BCUT2D eigenvalue weighted by atomic mass is 35.5. The van der Waals surface area contributed by atoms with Gasteiger partial charge in [0.15, 0.2) is 5.65 Å². The molecule has 0 spiro atoms.